The van der Waals surface area contributed by atoms with Gasteiger partial charge in [0.05, 0.1) is 0 Å². The average Bonchev–Trinajstić information content (AvgIpc) is 3.02. The topological polar surface area (TPSA) is 76.1 Å². The summed E-state index contributed by atoms with van der Waals surface area (Å²) in [6, 6.07) is 0. The maximum absolute atomic E-state index is 12.6. The number of piperidine rings is 1. The fraction of sp³-hybridized carbons (Fsp3) is 0.946. The van der Waals surface area contributed by atoms with Crippen molar-refractivity contribution in [3.8, 4) is 0 Å². The lowest BCUT2D eigenvalue weighted by atomic mass is 9.79. The normalized spacial score (nSPS) is 15.0. The molecule has 1 fully saturated rings. The van der Waals surface area contributed by atoms with E-state index in [-0.39, 0.29) is 24.0 Å². The van der Waals surface area contributed by atoms with E-state index in [2.05, 4.69) is 18.7 Å². The molecule has 0 bridgehead atoms. The molecule has 6 heteroatoms. The molecule has 1 N–H and O–H groups in total. The first-order valence-electron chi connectivity index (χ1n) is 18.7. The predicted molar refractivity (Wildman–Crippen MR) is 179 cm³/mol. The highest BCUT2D eigenvalue weighted by atomic mass is 16.5. The molecular weight excluding hydrogens is 538 g/mol. The SMILES string of the molecule is CCCCCCCCCCCC(=O)OCC1(COC(=O)CCCCCCCCCCC)CCN(CCCCCCO)CC1. The summed E-state index contributed by atoms with van der Waals surface area (Å²) >= 11 is 0. The molecule has 0 amide bonds. The van der Waals surface area contributed by atoms with Crippen molar-refractivity contribution in [3.63, 3.8) is 0 Å². The molecule has 6 nitrogen and oxygen atoms in total. The number of carbonyl (C=O) groups is 2. The summed E-state index contributed by atoms with van der Waals surface area (Å²) in [7, 11) is 0. The van der Waals surface area contributed by atoms with Crippen LogP contribution in [0.3, 0.4) is 0 Å². The third-order valence-corrected chi connectivity index (χ3v) is 9.35. The molecule has 0 aromatic heterocycles. The van der Waals surface area contributed by atoms with Gasteiger partial charge in [-0.1, -0.05) is 129 Å². The Balaban J connectivity index is 2.37. The summed E-state index contributed by atoms with van der Waals surface area (Å²) < 4.78 is 11.7. The molecule has 0 radical (unpaired) electrons. The highest BCUT2D eigenvalue weighted by Crippen LogP contribution is 2.33. The molecule has 1 saturated heterocycles. The van der Waals surface area contributed by atoms with E-state index in [4.69, 9.17) is 14.6 Å². The molecule has 0 aromatic rings. The summed E-state index contributed by atoms with van der Waals surface area (Å²) in [5.74, 6) is -0.204. The molecule has 1 rings (SSSR count). The number of nitrogens with zero attached hydrogens (tertiary/aromatic N) is 1. The van der Waals surface area contributed by atoms with Gasteiger partial charge in [-0.25, -0.2) is 0 Å². The minimum Gasteiger partial charge on any atom is -0.465 e. The van der Waals surface area contributed by atoms with Crippen LogP contribution in [0.1, 0.15) is 181 Å². The van der Waals surface area contributed by atoms with Gasteiger partial charge in [-0.2, -0.15) is 0 Å². The van der Waals surface area contributed by atoms with Crippen LogP contribution in [0.25, 0.3) is 0 Å². The van der Waals surface area contributed by atoms with Gasteiger partial charge >= 0.3 is 11.9 Å². The minimum absolute atomic E-state index is 0.102. The van der Waals surface area contributed by atoms with Gasteiger partial charge in [0.1, 0.15) is 13.2 Å². The Bertz CT molecular complexity index is 607. The highest BCUT2D eigenvalue weighted by molar-refractivity contribution is 5.69. The average molecular weight is 610 g/mol. The number of esters is 2. The van der Waals surface area contributed by atoms with Crippen LogP contribution < -0.4 is 0 Å². The number of carbonyl (C=O) groups excluding carboxylic acids is 2. The second kappa shape index (κ2) is 28.3. The van der Waals surface area contributed by atoms with E-state index >= 15 is 0 Å². The molecule has 0 unspecified atom stereocenters. The standard InChI is InChI=1S/C37H71NO5/c1-3-5-7-9-11-13-15-17-21-25-35(40)42-33-37(27-30-38(31-28-37)29-23-19-20-24-32-39)34-43-36(41)26-22-18-16-14-12-10-8-6-4-2/h39H,3-34H2,1-2H3. The van der Waals surface area contributed by atoms with Gasteiger partial charge in [0.25, 0.3) is 0 Å². The lowest BCUT2D eigenvalue weighted by Gasteiger charge is -2.41. The minimum atomic E-state index is -0.268. The summed E-state index contributed by atoms with van der Waals surface area (Å²) in [6.45, 7) is 8.47. The van der Waals surface area contributed by atoms with Crippen molar-refractivity contribution in [3.05, 3.63) is 0 Å². The van der Waals surface area contributed by atoms with Crippen LogP contribution in [-0.4, -0.2) is 61.4 Å². The highest BCUT2D eigenvalue weighted by Gasteiger charge is 2.37. The van der Waals surface area contributed by atoms with E-state index in [9.17, 15) is 9.59 Å². The Morgan fingerprint density at radius 2 is 0.930 bits per heavy atom. The quantitative estimate of drug-likeness (QED) is 0.0645. The third-order valence-electron chi connectivity index (χ3n) is 9.35. The second-order valence-electron chi connectivity index (χ2n) is 13.5. The second-order valence-corrected chi connectivity index (χ2v) is 13.5. The van der Waals surface area contributed by atoms with E-state index in [0.29, 0.717) is 26.1 Å². The molecule has 0 aliphatic carbocycles. The van der Waals surface area contributed by atoms with Gasteiger partial charge in [-0.15, -0.1) is 0 Å². The van der Waals surface area contributed by atoms with E-state index in [1.807, 2.05) is 0 Å². The molecule has 43 heavy (non-hydrogen) atoms. The molecular formula is C37H71NO5. The van der Waals surface area contributed by atoms with Crippen molar-refractivity contribution in [2.24, 2.45) is 5.41 Å². The molecule has 0 aromatic carbocycles. The first-order chi connectivity index (χ1) is 21.0. The van der Waals surface area contributed by atoms with Crippen LogP contribution in [0, 0.1) is 5.41 Å². The van der Waals surface area contributed by atoms with Crippen LogP contribution >= 0.6 is 0 Å². The monoisotopic (exact) mass is 610 g/mol. The Morgan fingerprint density at radius 3 is 1.35 bits per heavy atom. The van der Waals surface area contributed by atoms with Crippen molar-refractivity contribution >= 4 is 11.9 Å². The summed E-state index contributed by atoms with van der Waals surface area (Å²) in [6.07, 6.45) is 29.2. The number of hydrogen-bond acceptors (Lipinski definition) is 6. The van der Waals surface area contributed by atoms with Crippen molar-refractivity contribution in [1.29, 1.82) is 0 Å². The number of aliphatic hydroxyl groups is 1. The summed E-state index contributed by atoms with van der Waals surface area (Å²) in [5, 5.41) is 9.00. The van der Waals surface area contributed by atoms with Gasteiger partial charge in [0.2, 0.25) is 0 Å². The molecule has 0 spiro atoms. The van der Waals surface area contributed by atoms with Crippen LogP contribution in [0.4, 0.5) is 0 Å². The van der Waals surface area contributed by atoms with Gasteiger partial charge in [-0.05, 0) is 58.2 Å². The van der Waals surface area contributed by atoms with Crippen LogP contribution in [-0.2, 0) is 19.1 Å². The zero-order chi connectivity index (χ0) is 31.3. The molecule has 1 heterocycles. The largest absolute Gasteiger partial charge is 0.465 e. The number of unbranched alkanes of at least 4 members (excludes halogenated alkanes) is 19. The number of likely N-dealkylation sites (tertiary alicyclic amines) is 1. The van der Waals surface area contributed by atoms with E-state index in [0.717, 1.165) is 83.8 Å². The first-order valence-corrected chi connectivity index (χ1v) is 18.7. The van der Waals surface area contributed by atoms with Crippen LogP contribution in [0.5, 0.6) is 0 Å². The van der Waals surface area contributed by atoms with Gasteiger partial charge in [-0.3, -0.25) is 9.59 Å². The van der Waals surface area contributed by atoms with Crippen molar-refractivity contribution in [1.82, 2.24) is 4.90 Å². The van der Waals surface area contributed by atoms with Crippen molar-refractivity contribution in [2.45, 2.75) is 181 Å². The number of rotatable bonds is 30. The number of ether oxygens (including phenoxy) is 2. The fourth-order valence-corrected chi connectivity index (χ4v) is 6.15. The summed E-state index contributed by atoms with van der Waals surface area (Å²) in [5.41, 5.74) is -0.268. The van der Waals surface area contributed by atoms with E-state index in [1.54, 1.807) is 0 Å². The summed E-state index contributed by atoms with van der Waals surface area (Å²) in [4.78, 5) is 27.7. The Morgan fingerprint density at radius 1 is 0.558 bits per heavy atom. The Hall–Kier alpha value is -1.14. The fourth-order valence-electron chi connectivity index (χ4n) is 6.15. The maximum atomic E-state index is 12.6. The Kier molecular flexibility index (Phi) is 26.3. The smallest absolute Gasteiger partial charge is 0.305 e. The molecule has 1 aliphatic rings. The first kappa shape index (κ1) is 39.9. The lowest BCUT2D eigenvalue weighted by molar-refractivity contribution is -0.157. The van der Waals surface area contributed by atoms with E-state index < -0.39 is 0 Å². The Labute approximate surface area is 266 Å². The van der Waals surface area contributed by atoms with Crippen LogP contribution in [0.2, 0.25) is 0 Å². The molecule has 0 saturated carbocycles. The van der Waals surface area contributed by atoms with Gasteiger partial charge < -0.3 is 19.5 Å². The van der Waals surface area contributed by atoms with E-state index in [1.165, 1.54) is 89.9 Å². The lowest BCUT2D eigenvalue weighted by Crippen LogP contribution is -2.46. The molecule has 254 valence electrons. The number of hydrogen-bond donors (Lipinski definition) is 1. The zero-order valence-corrected chi connectivity index (χ0v) is 28.7. The third kappa shape index (κ3) is 22.9. The maximum Gasteiger partial charge on any atom is 0.305 e. The zero-order valence-electron chi connectivity index (χ0n) is 28.7. The van der Waals surface area contributed by atoms with Gasteiger partial charge in [0, 0.05) is 24.9 Å². The van der Waals surface area contributed by atoms with Crippen molar-refractivity contribution in [2.75, 3.05) is 39.5 Å². The number of aliphatic hydroxyl groups excluding tert-OH is 1. The van der Waals surface area contributed by atoms with Crippen molar-refractivity contribution < 1.29 is 24.2 Å². The van der Waals surface area contributed by atoms with Crippen LogP contribution in [0.15, 0.2) is 0 Å². The predicted octanol–water partition coefficient (Wildman–Crippen LogP) is 9.55. The molecule has 0 atom stereocenters. The van der Waals surface area contributed by atoms with Gasteiger partial charge in [0.15, 0.2) is 0 Å². The molecule has 1 aliphatic heterocycles.